The van der Waals surface area contributed by atoms with Crippen molar-refractivity contribution >= 4 is 34.8 Å². The highest BCUT2D eigenvalue weighted by Crippen LogP contribution is 2.40. The molecule has 0 saturated carbocycles. The summed E-state index contributed by atoms with van der Waals surface area (Å²) in [4.78, 5) is 28.7. The molecule has 1 atom stereocenters. The van der Waals surface area contributed by atoms with Crippen LogP contribution in [0, 0.1) is 0 Å². The number of hydrogen-bond acceptors (Lipinski definition) is 6. The van der Waals surface area contributed by atoms with Gasteiger partial charge in [0.25, 0.3) is 11.8 Å². The van der Waals surface area contributed by atoms with Crippen LogP contribution in [0.5, 0.6) is 11.5 Å². The number of anilines is 2. The van der Waals surface area contributed by atoms with Gasteiger partial charge in [-0.2, -0.15) is 0 Å². The van der Waals surface area contributed by atoms with E-state index in [0.717, 1.165) is 44.0 Å². The molecule has 1 fully saturated rings. The second kappa shape index (κ2) is 9.89. The number of amides is 2. The molecule has 2 aliphatic heterocycles. The lowest BCUT2D eigenvalue weighted by Gasteiger charge is -2.36. The Balaban J connectivity index is 1.41. The van der Waals surface area contributed by atoms with Crippen LogP contribution in [0.3, 0.4) is 0 Å². The molecule has 2 N–H and O–H groups in total. The van der Waals surface area contributed by atoms with E-state index in [1.807, 2.05) is 31.2 Å². The highest BCUT2D eigenvalue weighted by molar-refractivity contribution is 6.33. The Hall–Kier alpha value is -2.97. The molecule has 2 heterocycles. The molecule has 9 heteroatoms. The van der Waals surface area contributed by atoms with Gasteiger partial charge in [0.1, 0.15) is 0 Å². The zero-order valence-electron chi connectivity index (χ0n) is 19.1. The maximum atomic E-state index is 12.0. The molecule has 0 aromatic heterocycles. The van der Waals surface area contributed by atoms with E-state index in [4.69, 9.17) is 21.1 Å². The van der Waals surface area contributed by atoms with Crippen molar-refractivity contribution in [2.45, 2.75) is 26.5 Å². The Bertz CT molecular complexity index is 1050. The Morgan fingerprint density at radius 2 is 2.00 bits per heavy atom. The third-order valence-corrected chi connectivity index (χ3v) is 6.23. The van der Waals surface area contributed by atoms with Crippen LogP contribution in [-0.2, 0) is 11.3 Å². The number of piperazine rings is 1. The van der Waals surface area contributed by atoms with E-state index in [0.29, 0.717) is 34.3 Å². The number of nitrogens with one attached hydrogen (secondary N) is 2. The van der Waals surface area contributed by atoms with Crippen LogP contribution in [0.2, 0.25) is 5.02 Å². The van der Waals surface area contributed by atoms with Gasteiger partial charge in [-0.1, -0.05) is 11.6 Å². The molecule has 1 saturated heterocycles. The average Bonchev–Trinajstić information content (AvgIpc) is 2.80. The van der Waals surface area contributed by atoms with Crippen molar-refractivity contribution in [1.29, 1.82) is 0 Å². The first-order chi connectivity index (χ1) is 15.9. The van der Waals surface area contributed by atoms with Crippen LogP contribution in [0.15, 0.2) is 30.3 Å². The Morgan fingerprint density at radius 3 is 2.67 bits per heavy atom. The summed E-state index contributed by atoms with van der Waals surface area (Å²) in [6, 6.07) is 9.37. The van der Waals surface area contributed by atoms with Gasteiger partial charge in [0.2, 0.25) is 0 Å². The van der Waals surface area contributed by atoms with Gasteiger partial charge >= 0.3 is 0 Å². The first kappa shape index (κ1) is 23.2. The van der Waals surface area contributed by atoms with Gasteiger partial charge in [0.15, 0.2) is 17.6 Å². The van der Waals surface area contributed by atoms with Crippen LogP contribution in [0.25, 0.3) is 0 Å². The highest BCUT2D eigenvalue weighted by atomic mass is 35.5. The minimum absolute atomic E-state index is 0.118. The lowest BCUT2D eigenvalue weighted by molar-refractivity contribution is -0.122. The van der Waals surface area contributed by atoms with E-state index in [9.17, 15) is 9.59 Å². The Labute approximate surface area is 198 Å². The standard InChI is InChI=1S/C24H29ClN4O4/c1-4-26-24(31)17-5-6-20(18(25)13-17)29-9-7-28(8-10-29)14-16-11-19-22(21(12-16)32-3)33-15(2)23(30)27-19/h5-6,11-13,15H,4,7-10,14H2,1-3H3,(H,26,31)(H,27,30). The fourth-order valence-electron chi connectivity index (χ4n) is 4.15. The predicted octanol–water partition coefficient (Wildman–Crippen LogP) is 3.14. The number of methoxy groups -OCH3 is 1. The largest absolute Gasteiger partial charge is 0.493 e. The van der Waals surface area contributed by atoms with Gasteiger partial charge < -0.3 is 25.0 Å². The van der Waals surface area contributed by atoms with Crippen LogP contribution >= 0.6 is 11.6 Å². The number of carbonyl (C=O) groups excluding carboxylic acids is 2. The van der Waals surface area contributed by atoms with E-state index in [1.54, 1.807) is 20.1 Å². The second-order valence-corrected chi connectivity index (χ2v) is 8.62. The molecule has 2 aromatic rings. The number of carbonyl (C=O) groups is 2. The van der Waals surface area contributed by atoms with Gasteiger partial charge in [-0.3, -0.25) is 14.5 Å². The molecule has 0 spiro atoms. The van der Waals surface area contributed by atoms with Crippen molar-refractivity contribution < 1.29 is 19.1 Å². The van der Waals surface area contributed by atoms with E-state index < -0.39 is 6.10 Å². The topological polar surface area (TPSA) is 83.1 Å². The van der Waals surface area contributed by atoms with Crippen molar-refractivity contribution in [3.05, 3.63) is 46.5 Å². The summed E-state index contributed by atoms with van der Waals surface area (Å²) in [5, 5.41) is 6.27. The number of hydrogen-bond donors (Lipinski definition) is 2. The summed E-state index contributed by atoms with van der Waals surface area (Å²) in [6.45, 7) is 8.25. The molecule has 4 rings (SSSR count). The maximum Gasteiger partial charge on any atom is 0.265 e. The summed E-state index contributed by atoms with van der Waals surface area (Å²) in [7, 11) is 1.60. The highest BCUT2D eigenvalue weighted by Gasteiger charge is 2.28. The summed E-state index contributed by atoms with van der Waals surface area (Å²) >= 11 is 6.50. The van der Waals surface area contributed by atoms with E-state index in [-0.39, 0.29) is 11.8 Å². The van der Waals surface area contributed by atoms with Gasteiger partial charge in [-0.15, -0.1) is 0 Å². The van der Waals surface area contributed by atoms with Crippen molar-refractivity contribution in [2.24, 2.45) is 0 Å². The van der Waals surface area contributed by atoms with Gasteiger partial charge in [0, 0.05) is 44.8 Å². The molecule has 2 aliphatic rings. The molecular formula is C24H29ClN4O4. The number of halogens is 1. The van der Waals surface area contributed by atoms with Crippen molar-refractivity contribution in [3.8, 4) is 11.5 Å². The zero-order chi connectivity index (χ0) is 23.5. The SMILES string of the molecule is CCNC(=O)c1ccc(N2CCN(Cc3cc4c(c(OC)c3)OC(C)C(=O)N4)CC2)c(Cl)c1. The van der Waals surface area contributed by atoms with E-state index in [1.165, 1.54) is 0 Å². The number of rotatable bonds is 6. The Kier molecular flexibility index (Phi) is 6.95. The summed E-state index contributed by atoms with van der Waals surface area (Å²) in [5.74, 6) is 0.911. The number of fused-ring (bicyclic) bond motifs is 1. The van der Waals surface area contributed by atoms with Crippen LogP contribution < -0.4 is 25.0 Å². The van der Waals surface area contributed by atoms with Crippen molar-refractivity contribution in [3.63, 3.8) is 0 Å². The molecule has 0 bridgehead atoms. The number of benzene rings is 2. The zero-order valence-corrected chi connectivity index (χ0v) is 19.9. The Morgan fingerprint density at radius 1 is 1.24 bits per heavy atom. The third kappa shape index (κ3) is 5.02. The van der Waals surface area contributed by atoms with Crippen molar-refractivity contribution in [2.75, 3.05) is 50.1 Å². The van der Waals surface area contributed by atoms with Crippen LogP contribution in [0.1, 0.15) is 29.8 Å². The molecule has 2 aromatic carbocycles. The average molecular weight is 473 g/mol. The summed E-state index contributed by atoms with van der Waals surface area (Å²) in [6.07, 6.45) is -0.549. The number of nitrogens with zero attached hydrogens (tertiary/aromatic N) is 2. The van der Waals surface area contributed by atoms with Crippen LogP contribution in [-0.4, -0.2) is 62.7 Å². The lowest BCUT2D eigenvalue weighted by atomic mass is 10.1. The predicted molar refractivity (Wildman–Crippen MR) is 129 cm³/mol. The van der Waals surface area contributed by atoms with Crippen molar-refractivity contribution in [1.82, 2.24) is 10.2 Å². The first-order valence-electron chi connectivity index (χ1n) is 11.1. The first-order valence-corrected chi connectivity index (χ1v) is 11.5. The summed E-state index contributed by atoms with van der Waals surface area (Å²) < 4.78 is 11.2. The van der Waals surface area contributed by atoms with E-state index in [2.05, 4.69) is 20.4 Å². The number of ether oxygens (including phenoxy) is 2. The van der Waals surface area contributed by atoms with Crippen LogP contribution in [0.4, 0.5) is 11.4 Å². The fraction of sp³-hybridized carbons (Fsp3) is 0.417. The van der Waals surface area contributed by atoms with Gasteiger partial charge in [-0.25, -0.2) is 0 Å². The lowest BCUT2D eigenvalue weighted by Crippen LogP contribution is -2.46. The fourth-order valence-corrected chi connectivity index (χ4v) is 4.45. The van der Waals surface area contributed by atoms with Gasteiger partial charge in [0.05, 0.1) is 23.5 Å². The molecule has 33 heavy (non-hydrogen) atoms. The normalized spacial score (nSPS) is 18.2. The maximum absolute atomic E-state index is 12.0. The van der Waals surface area contributed by atoms with Gasteiger partial charge in [-0.05, 0) is 49.7 Å². The molecule has 0 radical (unpaired) electrons. The minimum Gasteiger partial charge on any atom is -0.493 e. The second-order valence-electron chi connectivity index (χ2n) is 8.21. The quantitative estimate of drug-likeness (QED) is 0.672. The molecular weight excluding hydrogens is 444 g/mol. The molecule has 0 aliphatic carbocycles. The summed E-state index contributed by atoms with van der Waals surface area (Å²) in [5.41, 5.74) is 3.19. The molecule has 2 amide bonds. The molecule has 1 unspecified atom stereocenters. The van der Waals surface area contributed by atoms with E-state index >= 15 is 0 Å². The third-order valence-electron chi connectivity index (χ3n) is 5.92. The minimum atomic E-state index is -0.549. The smallest absolute Gasteiger partial charge is 0.265 e. The molecule has 8 nitrogen and oxygen atoms in total. The monoisotopic (exact) mass is 472 g/mol. The molecule has 176 valence electrons.